The van der Waals surface area contributed by atoms with Crippen molar-refractivity contribution in [2.24, 2.45) is 11.8 Å². The lowest BCUT2D eigenvalue weighted by Gasteiger charge is -2.18. The summed E-state index contributed by atoms with van der Waals surface area (Å²) in [4.78, 5) is 19.2. The van der Waals surface area contributed by atoms with Crippen molar-refractivity contribution in [3.05, 3.63) is 78.1 Å². The smallest absolute Gasteiger partial charge is 0.342 e. The van der Waals surface area contributed by atoms with Gasteiger partial charge in [0.15, 0.2) is 0 Å². The van der Waals surface area contributed by atoms with Crippen LogP contribution in [-0.2, 0) is 17.5 Å². The van der Waals surface area contributed by atoms with Crippen molar-refractivity contribution < 1.29 is 22.4 Å². The highest BCUT2D eigenvalue weighted by Gasteiger charge is 2.37. The predicted octanol–water partition coefficient (Wildman–Crippen LogP) is 6.79. The maximum Gasteiger partial charge on any atom is 0.416 e. The van der Waals surface area contributed by atoms with Crippen LogP contribution in [0.2, 0.25) is 0 Å². The minimum atomic E-state index is -4.46. The second kappa shape index (κ2) is 9.01. The van der Waals surface area contributed by atoms with E-state index in [0.717, 1.165) is 42.0 Å². The molecule has 3 aromatic carbocycles. The zero-order valence-corrected chi connectivity index (χ0v) is 20.0. The molecule has 2 aliphatic rings. The summed E-state index contributed by atoms with van der Waals surface area (Å²) in [7, 11) is 0. The molecule has 1 aromatic heterocycles. The lowest BCUT2D eigenvalue weighted by atomic mass is 10.0. The Morgan fingerprint density at radius 1 is 0.892 bits per heavy atom. The Hall–Kier alpha value is -3.68. The Morgan fingerprint density at radius 3 is 2.19 bits per heavy atom. The van der Waals surface area contributed by atoms with Gasteiger partial charge in [0.1, 0.15) is 11.6 Å². The summed E-state index contributed by atoms with van der Waals surface area (Å²) in [6, 6.07) is 17.4. The van der Waals surface area contributed by atoms with Gasteiger partial charge in [-0.1, -0.05) is 36.4 Å². The quantitative estimate of drug-likeness (QED) is 0.279. The molecular formula is C29H25F4N3O. The van der Waals surface area contributed by atoms with Gasteiger partial charge in [0.05, 0.1) is 16.6 Å². The number of fused-ring (bicyclic) bond motifs is 1. The van der Waals surface area contributed by atoms with Gasteiger partial charge in [-0.3, -0.25) is 4.79 Å². The lowest BCUT2D eigenvalue weighted by molar-refractivity contribution is -0.137. The molecule has 4 nitrogen and oxygen atoms in total. The van der Waals surface area contributed by atoms with Crippen LogP contribution in [0.15, 0.2) is 66.7 Å². The summed E-state index contributed by atoms with van der Waals surface area (Å²) in [6.45, 7) is 1.76. The second-order valence-electron chi connectivity index (χ2n) is 10.0. The molecule has 1 aliphatic carbocycles. The monoisotopic (exact) mass is 507 g/mol. The van der Waals surface area contributed by atoms with Gasteiger partial charge < -0.3 is 9.47 Å². The highest BCUT2D eigenvalue weighted by Crippen LogP contribution is 2.36. The summed E-state index contributed by atoms with van der Waals surface area (Å²) in [6.07, 6.45) is -1.75. The maximum absolute atomic E-state index is 13.5. The largest absolute Gasteiger partial charge is 0.416 e. The number of aromatic nitrogens is 2. The number of alkyl halides is 3. The van der Waals surface area contributed by atoms with Crippen LogP contribution in [0.25, 0.3) is 33.5 Å². The van der Waals surface area contributed by atoms with Crippen LogP contribution in [0.5, 0.6) is 0 Å². The van der Waals surface area contributed by atoms with Crippen molar-refractivity contribution in [2.75, 3.05) is 13.1 Å². The molecule has 0 spiro atoms. The Labute approximate surface area is 211 Å². The number of nitrogens with zero attached hydrogens (tertiary/aromatic N) is 3. The molecule has 6 rings (SSSR count). The van der Waals surface area contributed by atoms with Crippen molar-refractivity contribution in [3.63, 3.8) is 0 Å². The van der Waals surface area contributed by atoms with Crippen molar-refractivity contribution >= 4 is 16.9 Å². The number of carbonyl (C=O) groups excluding carboxylic acids is 1. The Morgan fingerprint density at radius 2 is 1.54 bits per heavy atom. The minimum Gasteiger partial charge on any atom is -0.342 e. The van der Waals surface area contributed by atoms with Gasteiger partial charge in [0.25, 0.3) is 0 Å². The van der Waals surface area contributed by atoms with E-state index in [9.17, 15) is 22.4 Å². The Kier molecular flexibility index (Phi) is 5.77. The van der Waals surface area contributed by atoms with Crippen LogP contribution >= 0.6 is 0 Å². The fourth-order valence-corrected chi connectivity index (χ4v) is 5.19. The van der Waals surface area contributed by atoms with Crippen molar-refractivity contribution in [2.45, 2.75) is 32.0 Å². The third-order valence-corrected chi connectivity index (χ3v) is 7.36. The van der Waals surface area contributed by atoms with E-state index in [1.807, 2.05) is 33.7 Å². The van der Waals surface area contributed by atoms with Crippen molar-refractivity contribution in [1.82, 2.24) is 14.5 Å². The first-order valence-corrected chi connectivity index (χ1v) is 12.5. The fourth-order valence-electron chi connectivity index (χ4n) is 5.19. The van der Waals surface area contributed by atoms with E-state index < -0.39 is 11.7 Å². The molecule has 37 heavy (non-hydrogen) atoms. The molecule has 0 bridgehead atoms. The first-order valence-electron chi connectivity index (χ1n) is 12.5. The number of likely N-dealkylation sites (tertiary alicyclic amines) is 1. The second-order valence-corrected chi connectivity index (χ2v) is 10.0. The third kappa shape index (κ3) is 4.72. The van der Waals surface area contributed by atoms with Gasteiger partial charge in [0, 0.05) is 31.1 Å². The molecule has 2 fully saturated rings. The minimum absolute atomic E-state index is 0.131. The maximum atomic E-state index is 13.5. The van der Waals surface area contributed by atoms with Crippen LogP contribution in [0.4, 0.5) is 17.6 Å². The fraction of sp³-hybridized carbons (Fsp3) is 0.310. The number of halogens is 4. The number of hydrogen-bond acceptors (Lipinski definition) is 2. The van der Waals surface area contributed by atoms with E-state index in [0.29, 0.717) is 36.5 Å². The summed E-state index contributed by atoms with van der Waals surface area (Å²) >= 11 is 0. The first-order chi connectivity index (χ1) is 17.8. The van der Waals surface area contributed by atoms with E-state index in [1.165, 1.54) is 24.3 Å². The highest BCUT2D eigenvalue weighted by molar-refractivity contribution is 5.82. The van der Waals surface area contributed by atoms with E-state index >= 15 is 0 Å². The van der Waals surface area contributed by atoms with Gasteiger partial charge in [-0.25, -0.2) is 9.37 Å². The predicted molar refractivity (Wildman–Crippen MR) is 133 cm³/mol. The zero-order valence-electron chi connectivity index (χ0n) is 20.0. The van der Waals surface area contributed by atoms with Crippen LogP contribution in [0, 0.1) is 17.7 Å². The molecular weight excluding hydrogens is 482 g/mol. The van der Waals surface area contributed by atoms with Crippen LogP contribution in [0.1, 0.15) is 24.8 Å². The third-order valence-electron chi connectivity index (χ3n) is 7.36. The average Bonchev–Trinajstić information content (AvgIpc) is 3.53. The average molecular weight is 508 g/mol. The first kappa shape index (κ1) is 23.7. The van der Waals surface area contributed by atoms with Crippen LogP contribution in [-0.4, -0.2) is 33.4 Å². The SMILES string of the molecule is O=C(C1CC1)N1CC[C@H](Cn2c(-c3ccc(-c4ccc(F)cc4)cc3)nc3ccc(C(F)(F)F)cc32)C1. The highest BCUT2D eigenvalue weighted by atomic mass is 19.4. The molecule has 8 heteroatoms. The molecule has 1 aliphatic heterocycles. The molecule has 190 valence electrons. The number of amides is 1. The summed E-state index contributed by atoms with van der Waals surface area (Å²) in [5, 5.41) is 0. The summed E-state index contributed by atoms with van der Waals surface area (Å²) < 4.78 is 55.8. The molecule has 0 radical (unpaired) electrons. The number of carbonyl (C=O) groups is 1. The van der Waals surface area contributed by atoms with Crippen LogP contribution < -0.4 is 0 Å². The molecule has 2 heterocycles. The number of hydrogen-bond donors (Lipinski definition) is 0. The molecule has 0 unspecified atom stereocenters. The lowest BCUT2D eigenvalue weighted by Crippen LogP contribution is -2.30. The Bertz CT molecular complexity index is 1450. The molecule has 1 saturated carbocycles. The van der Waals surface area contributed by atoms with Crippen molar-refractivity contribution in [3.8, 4) is 22.5 Å². The van der Waals surface area contributed by atoms with E-state index in [-0.39, 0.29) is 23.6 Å². The van der Waals surface area contributed by atoms with Crippen LogP contribution in [0.3, 0.4) is 0 Å². The van der Waals surface area contributed by atoms with Gasteiger partial charge in [-0.15, -0.1) is 0 Å². The topological polar surface area (TPSA) is 38.1 Å². The van der Waals surface area contributed by atoms with Gasteiger partial charge in [0.2, 0.25) is 5.91 Å². The van der Waals surface area contributed by atoms with E-state index in [2.05, 4.69) is 0 Å². The van der Waals surface area contributed by atoms with Crippen molar-refractivity contribution in [1.29, 1.82) is 0 Å². The van der Waals surface area contributed by atoms with E-state index in [1.54, 1.807) is 12.1 Å². The Balaban J connectivity index is 1.36. The van der Waals surface area contributed by atoms with Gasteiger partial charge in [-0.05, 0) is 66.6 Å². The van der Waals surface area contributed by atoms with E-state index in [4.69, 9.17) is 4.98 Å². The van der Waals surface area contributed by atoms with Gasteiger partial charge in [-0.2, -0.15) is 13.2 Å². The normalized spacial score (nSPS) is 18.1. The number of imidazole rings is 1. The number of rotatable bonds is 5. The molecule has 4 aromatic rings. The standard InChI is InChI=1S/C29H25F4N3O/c30-24-10-7-20(8-11-24)19-1-3-21(4-2-19)27-34-25-12-9-23(29(31,32)33)15-26(25)36(27)17-18-13-14-35(16-18)28(37)22-5-6-22/h1-4,7-12,15,18,22H,5-6,13-14,16-17H2/t18-/m0/s1. The summed E-state index contributed by atoms with van der Waals surface area (Å²) in [5.41, 5.74) is 2.75. The number of benzene rings is 3. The molecule has 1 atom stereocenters. The zero-order chi connectivity index (χ0) is 25.7. The molecule has 1 saturated heterocycles. The van der Waals surface area contributed by atoms with Gasteiger partial charge >= 0.3 is 6.18 Å². The molecule has 0 N–H and O–H groups in total. The summed E-state index contributed by atoms with van der Waals surface area (Å²) in [5.74, 6) is 0.766. The molecule has 1 amide bonds.